The minimum atomic E-state index is -0.0631. The molecule has 0 aromatic carbocycles. The summed E-state index contributed by atoms with van der Waals surface area (Å²) >= 11 is 0. The quantitative estimate of drug-likeness (QED) is 0.716. The highest BCUT2D eigenvalue weighted by Gasteiger charge is 2.18. The van der Waals surface area contributed by atoms with E-state index in [9.17, 15) is 4.79 Å². The zero-order valence-corrected chi connectivity index (χ0v) is 10.8. The van der Waals surface area contributed by atoms with Crippen LogP contribution in [0.15, 0.2) is 0 Å². The number of nitrogens with zero attached hydrogens (tertiary/aromatic N) is 1. The Labute approximate surface area is 98.8 Å². The smallest absolute Gasteiger partial charge is 0.239 e. The average molecular weight is 227 g/mol. The molecule has 0 spiro atoms. The molecule has 0 aromatic rings. The molecule has 1 rings (SSSR count). The molecule has 94 valence electrons. The van der Waals surface area contributed by atoms with Crippen LogP contribution in [-0.2, 0) is 4.79 Å². The third kappa shape index (κ3) is 4.10. The first-order valence-corrected chi connectivity index (χ1v) is 6.34. The normalized spacial score (nSPS) is 22.8. The van der Waals surface area contributed by atoms with Gasteiger partial charge in [0.15, 0.2) is 0 Å². The van der Waals surface area contributed by atoms with Gasteiger partial charge >= 0.3 is 0 Å². The van der Waals surface area contributed by atoms with Crippen LogP contribution in [0.4, 0.5) is 0 Å². The first-order valence-electron chi connectivity index (χ1n) is 6.34. The van der Waals surface area contributed by atoms with E-state index in [1.165, 1.54) is 12.8 Å². The largest absolute Gasteiger partial charge is 0.345 e. The fourth-order valence-corrected chi connectivity index (χ4v) is 2.02. The first kappa shape index (κ1) is 13.5. The lowest BCUT2D eigenvalue weighted by molar-refractivity contribution is -0.131. The Bertz CT molecular complexity index is 214. The molecule has 0 aliphatic carbocycles. The highest BCUT2D eigenvalue weighted by Crippen LogP contribution is 2.08. The molecule has 0 aromatic heterocycles. The minimum Gasteiger partial charge on any atom is -0.345 e. The molecule has 2 atom stereocenters. The van der Waals surface area contributed by atoms with Gasteiger partial charge in [-0.1, -0.05) is 0 Å². The van der Waals surface area contributed by atoms with Gasteiger partial charge < -0.3 is 15.5 Å². The molecule has 1 amide bonds. The molecule has 16 heavy (non-hydrogen) atoms. The topological polar surface area (TPSA) is 44.4 Å². The Morgan fingerprint density at radius 2 is 2.38 bits per heavy atom. The number of hydrogen-bond acceptors (Lipinski definition) is 3. The molecule has 1 saturated heterocycles. The molecule has 1 heterocycles. The fourth-order valence-electron chi connectivity index (χ4n) is 2.02. The summed E-state index contributed by atoms with van der Waals surface area (Å²) in [6, 6.07) is -0.0631. The summed E-state index contributed by atoms with van der Waals surface area (Å²) in [6.45, 7) is 7.88. The van der Waals surface area contributed by atoms with Crippen LogP contribution in [0.5, 0.6) is 0 Å². The Morgan fingerprint density at radius 1 is 1.62 bits per heavy atom. The lowest BCUT2D eigenvalue weighted by atomic mass is 9.99. The van der Waals surface area contributed by atoms with Crippen molar-refractivity contribution < 1.29 is 4.79 Å². The second kappa shape index (κ2) is 6.86. The molecule has 0 radical (unpaired) electrons. The summed E-state index contributed by atoms with van der Waals surface area (Å²) in [6.07, 6.45) is 2.52. The van der Waals surface area contributed by atoms with E-state index in [-0.39, 0.29) is 11.9 Å². The van der Waals surface area contributed by atoms with Crippen molar-refractivity contribution in [1.82, 2.24) is 15.5 Å². The Balaban J connectivity index is 2.22. The van der Waals surface area contributed by atoms with Gasteiger partial charge in [0.1, 0.15) is 0 Å². The Morgan fingerprint density at radius 3 is 2.94 bits per heavy atom. The Hall–Kier alpha value is -0.610. The number of carbonyl (C=O) groups is 1. The lowest BCUT2D eigenvalue weighted by Gasteiger charge is -2.26. The Kier molecular flexibility index (Phi) is 5.77. The van der Waals surface area contributed by atoms with Crippen molar-refractivity contribution >= 4 is 5.91 Å². The highest BCUT2D eigenvalue weighted by atomic mass is 16.2. The standard InChI is InChI=1S/C12H25N3O/c1-4-15(3)12(16)10(2)14-9-11-6-5-7-13-8-11/h10-11,13-14H,4-9H2,1-3H3. The summed E-state index contributed by atoms with van der Waals surface area (Å²) in [5.74, 6) is 0.863. The molecule has 4 nitrogen and oxygen atoms in total. The van der Waals surface area contributed by atoms with Crippen molar-refractivity contribution in [3.63, 3.8) is 0 Å². The monoisotopic (exact) mass is 227 g/mol. The third-order valence-corrected chi connectivity index (χ3v) is 3.33. The molecule has 0 bridgehead atoms. The van der Waals surface area contributed by atoms with Gasteiger partial charge in [-0.25, -0.2) is 0 Å². The molecule has 0 saturated carbocycles. The van der Waals surface area contributed by atoms with Gasteiger partial charge in [0, 0.05) is 13.6 Å². The van der Waals surface area contributed by atoms with Crippen molar-refractivity contribution in [1.29, 1.82) is 0 Å². The van der Waals surface area contributed by atoms with Crippen molar-refractivity contribution in [2.75, 3.05) is 33.2 Å². The van der Waals surface area contributed by atoms with Crippen LogP contribution in [0.1, 0.15) is 26.7 Å². The summed E-state index contributed by atoms with van der Waals surface area (Å²) < 4.78 is 0. The fraction of sp³-hybridized carbons (Fsp3) is 0.917. The number of likely N-dealkylation sites (N-methyl/N-ethyl adjacent to an activating group) is 1. The maximum absolute atomic E-state index is 11.8. The van der Waals surface area contributed by atoms with E-state index in [2.05, 4.69) is 10.6 Å². The summed E-state index contributed by atoms with van der Waals surface area (Å²) in [4.78, 5) is 13.6. The van der Waals surface area contributed by atoms with Gasteiger partial charge in [0.05, 0.1) is 6.04 Å². The maximum atomic E-state index is 11.8. The van der Waals surface area contributed by atoms with Crippen molar-refractivity contribution in [2.45, 2.75) is 32.7 Å². The van der Waals surface area contributed by atoms with Crippen molar-refractivity contribution in [2.24, 2.45) is 5.92 Å². The van der Waals surface area contributed by atoms with Gasteiger partial charge in [-0.15, -0.1) is 0 Å². The number of rotatable bonds is 5. The number of nitrogens with one attached hydrogen (secondary N) is 2. The van der Waals surface area contributed by atoms with Crippen LogP contribution < -0.4 is 10.6 Å². The van der Waals surface area contributed by atoms with E-state index >= 15 is 0 Å². The van der Waals surface area contributed by atoms with Gasteiger partial charge in [-0.2, -0.15) is 0 Å². The second-order valence-corrected chi connectivity index (χ2v) is 4.69. The van der Waals surface area contributed by atoms with E-state index in [0.717, 1.165) is 26.2 Å². The predicted molar refractivity (Wildman–Crippen MR) is 66.4 cm³/mol. The molecule has 1 fully saturated rings. The van der Waals surface area contributed by atoms with Gasteiger partial charge in [-0.05, 0) is 52.2 Å². The van der Waals surface area contributed by atoms with Crippen molar-refractivity contribution in [3.05, 3.63) is 0 Å². The summed E-state index contributed by atoms with van der Waals surface area (Å²) in [5, 5.41) is 6.72. The van der Waals surface area contributed by atoms with E-state index in [1.54, 1.807) is 4.90 Å². The van der Waals surface area contributed by atoms with E-state index in [1.807, 2.05) is 20.9 Å². The summed E-state index contributed by atoms with van der Waals surface area (Å²) in [7, 11) is 1.85. The third-order valence-electron chi connectivity index (χ3n) is 3.33. The minimum absolute atomic E-state index is 0.0631. The summed E-state index contributed by atoms with van der Waals surface area (Å²) in [5.41, 5.74) is 0. The highest BCUT2D eigenvalue weighted by molar-refractivity contribution is 5.81. The molecule has 2 N–H and O–H groups in total. The van der Waals surface area contributed by atoms with Gasteiger partial charge in [0.25, 0.3) is 0 Å². The van der Waals surface area contributed by atoms with Gasteiger partial charge in [-0.3, -0.25) is 4.79 Å². The SMILES string of the molecule is CCN(C)C(=O)C(C)NCC1CCCNC1. The zero-order valence-electron chi connectivity index (χ0n) is 10.8. The number of carbonyl (C=O) groups excluding carboxylic acids is 1. The second-order valence-electron chi connectivity index (χ2n) is 4.69. The van der Waals surface area contributed by atoms with Gasteiger partial charge in [0.2, 0.25) is 5.91 Å². The zero-order chi connectivity index (χ0) is 12.0. The van der Waals surface area contributed by atoms with Crippen molar-refractivity contribution in [3.8, 4) is 0 Å². The van der Waals surface area contributed by atoms with E-state index < -0.39 is 0 Å². The van der Waals surface area contributed by atoms with E-state index in [4.69, 9.17) is 0 Å². The molecular weight excluding hydrogens is 202 g/mol. The molecule has 1 aliphatic heterocycles. The maximum Gasteiger partial charge on any atom is 0.239 e. The molecular formula is C12H25N3O. The number of amides is 1. The number of hydrogen-bond donors (Lipinski definition) is 2. The average Bonchev–Trinajstić information content (AvgIpc) is 2.35. The molecule has 4 heteroatoms. The van der Waals surface area contributed by atoms with Crippen LogP contribution in [0, 0.1) is 5.92 Å². The van der Waals surface area contributed by atoms with Crippen LogP contribution >= 0.6 is 0 Å². The molecule has 2 unspecified atom stereocenters. The van der Waals surface area contributed by atoms with E-state index in [0.29, 0.717) is 5.92 Å². The molecule has 1 aliphatic rings. The van der Waals surface area contributed by atoms with Crippen LogP contribution in [0.2, 0.25) is 0 Å². The van der Waals surface area contributed by atoms with Crippen LogP contribution in [-0.4, -0.2) is 50.1 Å². The number of piperidine rings is 1. The first-order chi connectivity index (χ1) is 7.65. The van der Waals surface area contributed by atoms with Crippen LogP contribution in [0.3, 0.4) is 0 Å². The lowest BCUT2D eigenvalue weighted by Crippen LogP contribution is -2.46. The van der Waals surface area contributed by atoms with Crippen LogP contribution in [0.25, 0.3) is 0 Å². The predicted octanol–water partition coefficient (Wildman–Crippen LogP) is 0.442.